The number of anilines is 1. The van der Waals surface area contributed by atoms with Crippen LogP contribution in [0.3, 0.4) is 0 Å². The van der Waals surface area contributed by atoms with Crippen LogP contribution in [0.25, 0.3) is 0 Å². The molecule has 9 heteroatoms. The van der Waals surface area contributed by atoms with Gasteiger partial charge >= 0.3 is 5.97 Å². The molecular formula is C20H22N2O7. The molecule has 0 aromatic heterocycles. The summed E-state index contributed by atoms with van der Waals surface area (Å²) in [7, 11) is 1.38. The lowest BCUT2D eigenvalue weighted by molar-refractivity contribution is -0.384. The molecule has 2 aromatic rings. The maximum atomic E-state index is 12.0. The van der Waals surface area contributed by atoms with Crippen LogP contribution in [-0.4, -0.2) is 37.1 Å². The average Bonchev–Trinajstić information content (AvgIpc) is 2.69. The van der Waals surface area contributed by atoms with E-state index in [2.05, 4.69) is 5.32 Å². The highest BCUT2D eigenvalue weighted by Crippen LogP contribution is 2.28. The Bertz CT molecular complexity index is 912. The molecule has 0 heterocycles. The van der Waals surface area contributed by atoms with Gasteiger partial charge in [-0.15, -0.1) is 0 Å². The summed E-state index contributed by atoms with van der Waals surface area (Å²) in [5, 5.41) is 13.5. The zero-order valence-electron chi connectivity index (χ0n) is 16.4. The van der Waals surface area contributed by atoms with Gasteiger partial charge in [-0.05, 0) is 43.2 Å². The van der Waals surface area contributed by atoms with Crippen molar-refractivity contribution in [3.8, 4) is 11.5 Å². The van der Waals surface area contributed by atoms with Gasteiger partial charge in [0.25, 0.3) is 11.6 Å². The van der Waals surface area contributed by atoms with Crippen molar-refractivity contribution in [2.75, 3.05) is 25.6 Å². The lowest BCUT2D eigenvalue weighted by atomic mass is 10.1. The number of methoxy groups -OCH3 is 1. The van der Waals surface area contributed by atoms with E-state index in [1.54, 1.807) is 0 Å². The molecule has 0 aliphatic heterocycles. The van der Waals surface area contributed by atoms with Crippen molar-refractivity contribution < 1.29 is 28.7 Å². The summed E-state index contributed by atoms with van der Waals surface area (Å²) in [5.74, 6) is -0.343. The van der Waals surface area contributed by atoms with E-state index in [0.717, 1.165) is 11.1 Å². The molecule has 0 unspecified atom stereocenters. The summed E-state index contributed by atoms with van der Waals surface area (Å²) in [6.07, 6.45) is -0.0383. The quantitative estimate of drug-likeness (QED) is 0.389. The third-order valence-corrected chi connectivity index (χ3v) is 3.95. The number of rotatable bonds is 9. The number of nitro groups is 1. The van der Waals surface area contributed by atoms with E-state index in [1.165, 1.54) is 25.3 Å². The number of nitrogens with one attached hydrogen (secondary N) is 1. The highest BCUT2D eigenvalue weighted by atomic mass is 16.6. The van der Waals surface area contributed by atoms with Crippen LogP contribution in [0.4, 0.5) is 11.4 Å². The maximum Gasteiger partial charge on any atom is 0.309 e. The van der Waals surface area contributed by atoms with Gasteiger partial charge < -0.3 is 19.5 Å². The predicted molar refractivity (Wildman–Crippen MR) is 105 cm³/mol. The fourth-order valence-electron chi connectivity index (χ4n) is 2.41. The van der Waals surface area contributed by atoms with Crippen LogP contribution in [0, 0.1) is 24.0 Å². The van der Waals surface area contributed by atoms with Gasteiger partial charge in [0.15, 0.2) is 6.61 Å². The number of amides is 1. The number of aryl methyl sites for hydroxylation is 2. The fourth-order valence-corrected chi connectivity index (χ4v) is 2.41. The third kappa shape index (κ3) is 6.49. The van der Waals surface area contributed by atoms with Gasteiger partial charge in [0.05, 0.1) is 31.1 Å². The first-order chi connectivity index (χ1) is 13.8. The minimum absolute atomic E-state index is 0.0184. The number of carbonyl (C=O) groups excluding carboxylic acids is 2. The zero-order chi connectivity index (χ0) is 21.4. The molecule has 29 heavy (non-hydrogen) atoms. The van der Waals surface area contributed by atoms with Gasteiger partial charge in [0.2, 0.25) is 0 Å². The number of ether oxygens (including phenoxy) is 3. The molecule has 0 spiro atoms. The van der Waals surface area contributed by atoms with Crippen molar-refractivity contribution in [1.82, 2.24) is 0 Å². The second-order valence-corrected chi connectivity index (χ2v) is 6.22. The second kappa shape index (κ2) is 10.1. The summed E-state index contributed by atoms with van der Waals surface area (Å²) in [5.41, 5.74) is 1.64. The smallest absolute Gasteiger partial charge is 0.309 e. The van der Waals surface area contributed by atoms with E-state index in [0.29, 0.717) is 5.75 Å². The van der Waals surface area contributed by atoms with Crippen LogP contribution in [0.2, 0.25) is 0 Å². The second-order valence-electron chi connectivity index (χ2n) is 6.22. The first kappa shape index (κ1) is 21.7. The molecular weight excluding hydrogens is 380 g/mol. The number of hydrogen-bond donors (Lipinski definition) is 1. The van der Waals surface area contributed by atoms with Crippen molar-refractivity contribution in [1.29, 1.82) is 0 Å². The highest BCUT2D eigenvalue weighted by Gasteiger charge is 2.18. The van der Waals surface area contributed by atoms with Crippen molar-refractivity contribution in [2.24, 2.45) is 0 Å². The standard InChI is InChI=1S/C20H22N2O7/c1-13-4-5-14(2)18(10-13)28-9-8-20(24)29-12-19(23)21-16-7-6-15(27-3)11-17(16)22(25)26/h4-7,10-11H,8-9,12H2,1-3H3,(H,21,23). The molecule has 1 N–H and O–H groups in total. The van der Waals surface area contributed by atoms with E-state index < -0.39 is 23.4 Å². The highest BCUT2D eigenvalue weighted by molar-refractivity contribution is 5.95. The average molecular weight is 402 g/mol. The first-order valence-electron chi connectivity index (χ1n) is 8.78. The number of carbonyl (C=O) groups is 2. The number of nitro benzene ring substituents is 1. The Kier molecular flexibility index (Phi) is 7.53. The summed E-state index contributed by atoms with van der Waals surface area (Å²) < 4.78 is 15.4. The maximum absolute atomic E-state index is 12.0. The number of hydrogen-bond acceptors (Lipinski definition) is 7. The largest absolute Gasteiger partial charge is 0.496 e. The van der Waals surface area contributed by atoms with E-state index in [1.807, 2.05) is 32.0 Å². The van der Waals surface area contributed by atoms with Crippen LogP contribution in [0.15, 0.2) is 36.4 Å². The van der Waals surface area contributed by atoms with Crippen molar-refractivity contribution in [3.05, 3.63) is 57.6 Å². The summed E-state index contributed by atoms with van der Waals surface area (Å²) in [6.45, 7) is 3.38. The molecule has 1 amide bonds. The van der Waals surface area contributed by atoms with Gasteiger partial charge in [-0.3, -0.25) is 19.7 Å². The van der Waals surface area contributed by atoms with Crippen molar-refractivity contribution >= 4 is 23.3 Å². The molecule has 0 saturated carbocycles. The van der Waals surface area contributed by atoms with Crippen LogP contribution in [0.5, 0.6) is 11.5 Å². The Morgan fingerprint density at radius 2 is 1.90 bits per heavy atom. The van der Waals surface area contributed by atoms with Crippen molar-refractivity contribution in [3.63, 3.8) is 0 Å². The zero-order valence-corrected chi connectivity index (χ0v) is 16.4. The SMILES string of the molecule is COc1ccc(NC(=O)COC(=O)CCOc2cc(C)ccc2C)c([N+](=O)[O-])c1. The minimum Gasteiger partial charge on any atom is -0.496 e. The third-order valence-electron chi connectivity index (χ3n) is 3.95. The Morgan fingerprint density at radius 3 is 2.59 bits per heavy atom. The van der Waals surface area contributed by atoms with E-state index >= 15 is 0 Å². The van der Waals surface area contributed by atoms with Gasteiger partial charge in [0.1, 0.15) is 17.2 Å². The molecule has 0 saturated heterocycles. The van der Waals surface area contributed by atoms with E-state index in [4.69, 9.17) is 14.2 Å². The molecule has 0 fully saturated rings. The minimum atomic E-state index is -0.693. The summed E-state index contributed by atoms with van der Waals surface area (Å²) in [6, 6.07) is 9.75. The number of esters is 1. The van der Waals surface area contributed by atoms with Gasteiger partial charge in [0, 0.05) is 0 Å². The molecule has 0 aliphatic rings. The van der Waals surface area contributed by atoms with Crippen LogP contribution < -0.4 is 14.8 Å². The van der Waals surface area contributed by atoms with E-state index in [-0.39, 0.29) is 30.2 Å². The topological polar surface area (TPSA) is 117 Å². The molecule has 0 aliphatic carbocycles. The summed E-state index contributed by atoms with van der Waals surface area (Å²) in [4.78, 5) is 34.2. The van der Waals surface area contributed by atoms with Gasteiger partial charge in [-0.1, -0.05) is 12.1 Å². The van der Waals surface area contributed by atoms with Gasteiger partial charge in [-0.2, -0.15) is 0 Å². The molecule has 0 atom stereocenters. The lowest BCUT2D eigenvalue weighted by Crippen LogP contribution is -2.22. The molecule has 154 valence electrons. The Balaban J connectivity index is 1.81. The first-order valence-corrected chi connectivity index (χ1v) is 8.78. The van der Waals surface area contributed by atoms with Gasteiger partial charge in [-0.25, -0.2) is 0 Å². The Morgan fingerprint density at radius 1 is 1.14 bits per heavy atom. The van der Waals surface area contributed by atoms with E-state index in [9.17, 15) is 19.7 Å². The molecule has 2 aromatic carbocycles. The number of nitrogens with zero attached hydrogens (tertiary/aromatic N) is 1. The predicted octanol–water partition coefficient (Wildman–Crippen LogP) is 3.17. The van der Waals surface area contributed by atoms with Crippen LogP contribution >= 0.6 is 0 Å². The van der Waals surface area contributed by atoms with Crippen LogP contribution in [0.1, 0.15) is 17.5 Å². The normalized spacial score (nSPS) is 10.2. The Hall–Kier alpha value is -3.62. The molecule has 9 nitrogen and oxygen atoms in total. The lowest BCUT2D eigenvalue weighted by Gasteiger charge is -2.10. The molecule has 2 rings (SSSR count). The summed E-state index contributed by atoms with van der Waals surface area (Å²) >= 11 is 0. The molecule has 0 bridgehead atoms. The monoisotopic (exact) mass is 402 g/mol. The number of benzene rings is 2. The van der Waals surface area contributed by atoms with Crippen molar-refractivity contribution in [2.45, 2.75) is 20.3 Å². The molecule has 0 radical (unpaired) electrons. The fraction of sp³-hybridized carbons (Fsp3) is 0.300. The Labute approximate surface area is 167 Å². The van der Waals surface area contributed by atoms with Crippen LogP contribution in [-0.2, 0) is 14.3 Å².